The molecule has 16 heavy (non-hydrogen) atoms. The third kappa shape index (κ3) is 3.26. The number of hydrogen-bond acceptors (Lipinski definition) is 2. The number of rotatable bonds is 5. The van der Waals surface area contributed by atoms with Gasteiger partial charge in [-0.2, -0.15) is 0 Å². The lowest BCUT2D eigenvalue weighted by Gasteiger charge is -2.14. The van der Waals surface area contributed by atoms with Gasteiger partial charge in [0.1, 0.15) is 0 Å². The molecule has 2 N–H and O–H groups in total. The molecule has 3 nitrogen and oxygen atoms in total. The molecule has 1 aromatic rings. The zero-order valence-electron chi connectivity index (χ0n) is 10.2. The first-order valence-corrected chi connectivity index (χ1v) is 5.82. The Balaban J connectivity index is 2.81. The monoisotopic (exact) mass is 220 g/mol. The van der Waals surface area contributed by atoms with Crippen LogP contribution in [0, 0.1) is 0 Å². The number of para-hydroxylation sites is 1. The van der Waals surface area contributed by atoms with E-state index in [0.29, 0.717) is 5.56 Å². The Hall–Kier alpha value is -1.51. The molecule has 0 saturated heterocycles. The molecule has 1 unspecified atom stereocenters. The number of benzene rings is 1. The summed E-state index contributed by atoms with van der Waals surface area (Å²) in [5.74, 6) is -0.00843. The molecule has 0 spiro atoms. The topological polar surface area (TPSA) is 41.1 Å². The zero-order chi connectivity index (χ0) is 12.0. The van der Waals surface area contributed by atoms with Gasteiger partial charge in [0.2, 0.25) is 0 Å². The van der Waals surface area contributed by atoms with Crippen molar-refractivity contribution in [3.05, 3.63) is 29.8 Å². The molecule has 0 heterocycles. The molecule has 0 aromatic heterocycles. The molecule has 0 aliphatic rings. The number of anilines is 1. The summed E-state index contributed by atoms with van der Waals surface area (Å²) in [6, 6.07) is 7.79. The number of amides is 1. The maximum absolute atomic E-state index is 12.0. The molecule has 0 aliphatic carbocycles. The second-order valence-electron chi connectivity index (χ2n) is 3.86. The molecule has 0 fully saturated rings. The van der Waals surface area contributed by atoms with Crippen LogP contribution in [-0.4, -0.2) is 18.5 Å². The number of carbonyl (C=O) groups excluding carboxylic acids is 1. The van der Waals surface area contributed by atoms with Crippen molar-refractivity contribution < 1.29 is 4.79 Å². The van der Waals surface area contributed by atoms with Gasteiger partial charge in [-0.25, -0.2) is 0 Å². The number of nitrogens with one attached hydrogen (secondary N) is 2. The quantitative estimate of drug-likeness (QED) is 0.801. The van der Waals surface area contributed by atoms with Crippen molar-refractivity contribution in [2.24, 2.45) is 0 Å². The van der Waals surface area contributed by atoms with Crippen LogP contribution >= 0.6 is 0 Å². The van der Waals surface area contributed by atoms with Crippen LogP contribution in [0.1, 0.15) is 37.6 Å². The van der Waals surface area contributed by atoms with Gasteiger partial charge in [-0.3, -0.25) is 4.79 Å². The Bertz CT molecular complexity index is 350. The first-order valence-electron chi connectivity index (χ1n) is 5.82. The minimum Gasteiger partial charge on any atom is -0.385 e. The lowest BCUT2D eigenvalue weighted by atomic mass is 10.1. The molecule has 1 aromatic carbocycles. The minimum absolute atomic E-state index is 0.00843. The SMILES string of the molecule is CCNc1ccccc1C(=O)NC(C)CC. The van der Waals surface area contributed by atoms with Gasteiger partial charge in [0.25, 0.3) is 5.91 Å². The fraction of sp³-hybridized carbons (Fsp3) is 0.462. The average Bonchev–Trinajstić information content (AvgIpc) is 2.30. The van der Waals surface area contributed by atoms with Crippen LogP contribution in [0.4, 0.5) is 5.69 Å². The zero-order valence-corrected chi connectivity index (χ0v) is 10.2. The van der Waals surface area contributed by atoms with Crippen molar-refractivity contribution in [2.75, 3.05) is 11.9 Å². The third-order valence-corrected chi connectivity index (χ3v) is 2.53. The molecule has 1 amide bonds. The molecule has 0 aliphatic heterocycles. The highest BCUT2D eigenvalue weighted by Crippen LogP contribution is 2.14. The first-order chi connectivity index (χ1) is 7.69. The predicted octanol–water partition coefficient (Wildman–Crippen LogP) is 2.65. The van der Waals surface area contributed by atoms with E-state index in [4.69, 9.17) is 0 Å². The standard InChI is InChI=1S/C13H20N2O/c1-4-10(3)15-13(16)11-8-6-7-9-12(11)14-5-2/h6-10,14H,4-5H2,1-3H3,(H,15,16). The van der Waals surface area contributed by atoms with Crippen molar-refractivity contribution in [1.29, 1.82) is 0 Å². The highest BCUT2D eigenvalue weighted by atomic mass is 16.1. The third-order valence-electron chi connectivity index (χ3n) is 2.53. The van der Waals surface area contributed by atoms with E-state index in [1.165, 1.54) is 0 Å². The lowest BCUT2D eigenvalue weighted by Crippen LogP contribution is -2.32. The highest BCUT2D eigenvalue weighted by molar-refractivity contribution is 5.99. The van der Waals surface area contributed by atoms with Crippen LogP contribution in [0.2, 0.25) is 0 Å². The van der Waals surface area contributed by atoms with E-state index < -0.39 is 0 Å². The summed E-state index contributed by atoms with van der Waals surface area (Å²) < 4.78 is 0. The number of carbonyl (C=O) groups is 1. The van der Waals surface area contributed by atoms with Crippen LogP contribution in [0.3, 0.4) is 0 Å². The van der Waals surface area contributed by atoms with E-state index >= 15 is 0 Å². The van der Waals surface area contributed by atoms with Crippen LogP contribution in [-0.2, 0) is 0 Å². The second kappa shape index (κ2) is 6.16. The summed E-state index contributed by atoms with van der Waals surface area (Å²) in [4.78, 5) is 12.0. The van der Waals surface area contributed by atoms with Gasteiger partial charge in [0, 0.05) is 18.3 Å². The summed E-state index contributed by atoms with van der Waals surface area (Å²) in [5, 5.41) is 6.15. The van der Waals surface area contributed by atoms with Crippen molar-refractivity contribution in [3.8, 4) is 0 Å². The van der Waals surface area contributed by atoms with Gasteiger partial charge >= 0.3 is 0 Å². The van der Waals surface area contributed by atoms with Gasteiger partial charge in [-0.15, -0.1) is 0 Å². The summed E-state index contributed by atoms with van der Waals surface area (Å²) in [6.45, 7) is 6.89. The number of hydrogen-bond donors (Lipinski definition) is 2. The molecule has 0 bridgehead atoms. The predicted molar refractivity (Wildman–Crippen MR) is 67.8 cm³/mol. The van der Waals surface area contributed by atoms with Crippen LogP contribution < -0.4 is 10.6 Å². The van der Waals surface area contributed by atoms with Crippen molar-refractivity contribution in [3.63, 3.8) is 0 Å². The summed E-state index contributed by atoms with van der Waals surface area (Å²) in [6.07, 6.45) is 0.940. The minimum atomic E-state index is -0.00843. The molecular formula is C13H20N2O. The normalized spacial score (nSPS) is 11.9. The van der Waals surface area contributed by atoms with Crippen molar-refractivity contribution in [1.82, 2.24) is 5.32 Å². The molecule has 88 valence electrons. The van der Waals surface area contributed by atoms with Crippen LogP contribution in [0.5, 0.6) is 0 Å². The largest absolute Gasteiger partial charge is 0.385 e. The molecule has 0 saturated carbocycles. The molecular weight excluding hydrogens is 200 g/mol. The molecule has 1 atom stereocenters. The van der Waals surface area contributed by atoms with Crippen LogP contribution in [0.25, 0.3) is 0 Å². The summed E-state index contributed by atoms with van der Waals surface area (Å²) >= 11 is 0. The Kier molecular flexibility index (Phi) is 4.83. The Morgan fingerprint density at radius 2 is 2.00 bits per heavy atom. The second-order valence-corrected chi connectivity index (χ2v) is 3.86. The van der Waals surface area contributed by atoms with Gasteiger partial charge in [-0.1, -0.05) is 19.1 Å². The maximum Gasteiger partial charge on any atom is 0.253 e. The summed E-state index contributed by atoms with van der Waals surface area (Å²) in [7, 11) is 0. The van der Waals surface area contributed by atoms with E-state index in [1.54, 1.807) is 0 Å². The van der Waals surface area contributed by atoms with Crippen LogP contribution in [0.15, 0.2) is 24.3 Å². The molecule has 0 radical (unpaired) electrons. The Morgan fingerprint density at radius 1 is 1.31 bits per heavy atom. The van der Waals surface area contributed by atoms with E-state index in [0.717, 1.165) is 18.7 Å². The van der Waals surface area contributed by atoms with E-state index in [-0.39, 0.29) is 11.9 Å². The van der Waals surface area contributed by atoms with Gasteiger partial charge < -0.3 is 10.6 Å². The lowest BCUT2D eigenvalue weighted by molar-refractivity contribution is 0.0940. The Morgan fingerprint density at radius 3 is 2.62 bits per heavy atom. The van der Waals surface area contributed by atoms with Gasteiger partial charge in [-0.05, 0) is 32.4 Å². The smallest absolute Gasteiger partial charge is 0.253 e. The van der Waals surface area contributed by atoms with E-state index in [2.05, 4.69) is 17.6 Å². The van der Waals surface area contributed by atoms with E-state index in [1.807, 2.05) is 38.1 Å². The first kappa shape index (κ1) is 12.6. The van der Waals surface area contributed by atoms with Gasteiger partial charge in [0.05, 0.1) is 5.56 Å². The fourth-order valence-electron chi connectivity index (χ4n) is 1.43. The fourth-order valence-corrected chi connectivity index (χ4v) is 1.43. The maximum atomic E-state index is 12.0. The van der Waals surface area contributed by atoms with E-state index in [9.17, 15) is 4.79 Å². The van der Waals surface area contributed by atoms with Crippen molar-refractivity contribution in [2.45, 2.75) is 33.2 Å². The molecule has 1 rings (SSSR count). The van der Waals surface area contributed by atoms with Crippen molar-refractivity contribution >= 4 is 11.6 Å². The Labute approximate surface area is 97.2 Å². The molecule has 3 heteroatoms. The average molecular weight is 220 g/mol. The van der Waals surface area contributed by atoms with Gasteiger partial charge in [0.15, 0.2) is 0 Å². The summed E-state index contributed by atoms with van der Waals surface area (Å²) in [5.41, 5.74) is 1.61. The highest BCUT2D eigenvalue weighted by Gasteiger charge is 2.11.